The molecule has 0 spiro atoms. The summed E-state index contributed by atoms with van der Waals surface area (Å²) in [6.07, 6.45) is 1.78. The Morgan fingerprint density at radius 3 is 2.40 bits per heavy atom. The predicted molar refractivity (Wildman–Crippen MR) is 90.5 cm³/mol. The molecule has 1 aliphatic heterocycles. The van der Waals surface area contributed by atoms with E-state index in [1.54, 1.807) is 24.3 Å². The molecular formula is C16H18N4O4S. The van der Waals surface area contributed by atoms with E-state index in [1.807, 2.05) is 0 Å². The Labute approximate surface area is 144 Å². The third kappa shape index (κ3) is 3.94. The van der Waals surface area contributed by atoms with Crippen LogP contribution in [0.2, 0.25) is 0 Å². The smallest absolute Gasteiger partial charge is 0.271 e. The SMILES string of the molecule is O=C(NCc1ccc(S(=O)(=O)N2CCCC2)cc1)c1ccc(=O)[nH]n1. The predicted octanol–water partition coefficient (Wildman–Crippen LogP) is 0.484. The van der Waals surface area contributed by atoms with Crippen molar-refractivity contribution in [3.63, 3.8) is 0 Å². The molecule has 0 saturated carbocycles. The number of carbonyl (C=O) groups excluding carboxylic acids is 1. The van der Waals surface area contributed by atoms with E-state index in [0.29, 0.717) is 13.1 Å². The zero-order chi connectivity index (χ0) is 17.9. The van der Waals surface area contributed by atoms with Crippen LogP contribution < -0.4 is 10.9 Å². The molecule has 0 atom stereocenters. The highest BCUT2D eigenvalue weighted by molar-refractivity contribution is 7.89. The van der Waals surface area contributed by atoms with E-state index in [2.05, 4.69) is 15.5 Å². The molecule has 1 aromatic heterocycles. The van der Waals surface area contributed by atoms with Crippen LogP contribution in [0, 0.1) is 0 Å². The van der Waals surface area contributed by atoms with Gasteiger partial charge in [0.2, 0.25) is 10.0 Å². The van der Waals surface area contributed by atoms with Crippen LogP contribution in [0.3, 0.4) is 0 Å². The van der Waals surface area contributed by atoms with E-state index in [0.717, 1.165) is 18.4 Å². The second kappa shape index (κ2) is 7.16. The van der Waals surface area contributed by atoms with Crippen LogP contribution in [0.5, 0.6) is 0 Å². The molecule has 2 heterocycles. The Hall–Kier alpha value is -2.52. The van der Waals surface area contributed by atoms with Gasteiger partial charge in [-0.3, -0.25) is 9.59 Å². The summed E-state index contributed by atoms with van der Waals surface area (Å²) in [6.45, 7) is 1.35. The minimum absolute atomic E-state index is 0.104. The number of carbonyl (C=O) groups is 1. The Morgan fingerprint density at radius 1 is 1.12 bits per heavy atom. The molecule has 0 aliphatic carbocycles. The van der Waals surface area contributed by atoms with Crippen LogP contribution >= 0.6 is 0 Å². The third-order valence-corrected chi connectivity index (χ3v) is 5.90. The number of hydrogen-bond acceptors (Lipinski definition) is 5. The van der Waals surface area contributed by atoms with Gasteiger partial charge in [-0.1, -0.05) is 12.1 Å². The number of benzene rings is 1. The van der Waals surface area contributed by atoms with Crippen molar-refractivity contribution >= 4 is 15.9 Å². The van der Waals surface area contributed by atoms with Crippen LogP contribution in [0.1, 0.15) is 28.9 Å². The van der Waals surface area contributed by atoms with Crippen LogP contribution in [0.15, 0.2) is 46.1 Å². The van der Waals surface area contributed by atoms with Crippen molar-refractivity contribution in [1.29, 1.82) is 0 Å². The largest absolute Gasteiger partial charge is 0.347 e. The quantitative estimate of drug-likeness (QED) is 0.804. The zero-order valence-corrected chi connectivity index (χ0v) is 14.3. The molecule has 2 aromatic rings. The van der Waals surface area contributed by atoms with Crippen molar-refractivity contribution in [2.24, 2.45) is 0 Å². The number of nitrogens with one attached hydrogen (secondary N) is 2. The van der Waals surface area contributed by atoms with Crippen molar-refractivity contribution in [1.82, 2.24) is 19.8 Å². The molecule has 2 N–H and O–H groups in total. The molecule has 1 aliphatic rings. The van der Waals surface area contributed by atoms with Crippen molar-refractivity contribution < 1.29 is 13.2 Å². The number of aromatic nitrogens is 2. The first-order valence-corrected chi connectivity index (χ1v) is 9.34. The van der Waals surface area contributed by atoms with E-state index in [1.165, 1.54) is 16.4 Å². The summed E-state index contributed by atoms with van der Waals surface area (Å²) >= 11 is 0. The number of hydrogen-bond donors (Lipinski definition) is 2. The minimum Gasteiger partial charge on any atom is -0.347 e. The number of rotatable bonds is 5. The molecule has 0 bridgehead atoms. The van der Waals surface area contributed by atoms with E-state index < -0.39 is 15.9 Å². The average molecular weight is 362 g/mol. The van der Waals surface area contributed by atoms with Crippen molar-refractivity contribution in [3.05, 3.63) is 58.0 Å². The Morgan fingerprint density at radius 2 is 1.80 bits per heavy atom. The number of amides is 1. The number of sulfonamides is 1. The molecule has 8 nitrogen and oxygen atoms in total. The monoisotopic (exact) mass is 362 g/mol. The van der Waals surface area contributed by atoms with Crippen LogP contribution in [-0.4, -0.2) is 41.9 Å². The van der Waals surface area contributed by atoms with Crippen molar-refractivity contribution in [3.8, 4) is 0 Å². The minimum atomic E-state index is -3.43. The highest BCUT2D eigenvalue weighted by atomic mass is 32.2. The van der Waals surface area contributed by atoms with E-state index in [9.17, 15) is 18.0 Å². The van der Waals surface area contributed by atoms with Gasteiger partial charge in [-0.2, -0.15) is 9.40 Å². The normalized spacial score (nSPS) is 15.2. The first kappa shape index (κ1) is 17.3. The Kier molecular flexibility index (Phi) is 4.95. The first-order chi connectivity index (χ1) is 12.0. The Bertz CT molecular complexity index is 895. The zero-order valence-electron chi connectivity index (χ0n) is 13.4. The van der Waals surface area contributed by atoms with Crippen molar-refractivity contribution in [2.45, 2.75) is 24.3 Å². The lowest BCUT2D eigenvalue weighted by Crippen LogP contribution is -2.28. The first-order valence-electron chi connectivity index (χ1n) is 7.90. The number of aromatic amines is 1. The lowest BCUT2D eigenvalue weighted by atomic mass is 10.2. The number of H-pyrrole nitrogens is 1. The summed E-state index contributed by atoms with van der Waals surface area (Å²) < 4.78 is 26.4. The van der Waals surface area contributed by atoms with Gasteiger partial charge in [-0.15, -0.1) is 0 Å². The van der Waals surface area contributed by atoms with E-state index in [-0.39, 0.29) is 22.7 Å². The molecule has 9 heteroatoms. The average Bonchev–Trinajstić information content (AvgIpc) is 3.16. The maximum atomic E-state index is 12.4. The summed E-state index contributed by atoms with van der Waals surface area (Å²) in [7, 11) is -3.43. The van der Waals surface area contributed by atoms with Gasteiger partial charge in [0.25, 0.3) is 11.5 Å². The Balaban J connectivity index is 1.63. The number of nitrogens with zero attached hydrogens (tertiary/aromatic N) is 2. The second-order valence-electron chi connectivity index (χ2n) is 5.74. The molecule has 132 valence electrons. The van der Waals surface area contributed by atoms with Gasteiger partial charge in [-0.25, -0.2) is 13.5 Å². The molecular weight excluding hydrogens is 344 g/mol. The van der Waals surface area contributed by atoms with Crippen LogP contribution in [0.25, 0.3) is 0 Å². The fraction of sp³-hybridized carbons (Fsp3) is 0.312. The maximum absolute atomic E-state index is 12.4. The highest BCUT2D eigenvalue weighted by Crippen LogP contribution is 2.21. The van der Waals surface area contributed by atoms with Crippen LogP contribution in [-0.2, 0) is 16.6 Å². The van der Waals surface area contributed by atoms with E-state index in [4.69, 9.17) is 0 Å². The van der Waals surface area contributed by atoms with Gasteiger partial charge in [0, 0.05) is 25.7 Å². The highest BCUT2D eigenvalue weighted by Gasteiger charge is 2.26. The molecule has 0 unspecified atom stereocenters. The third-order valence-electron chi connectivity index (χ3n) is 3.99. The fourth-order valence-corrected chi connectivity index (χ4v) is 4.12. The van der Waals surface area contributed by atoms with Crippen LogP contribution in [0.4, 0.5) is 0 Å². The summed E-state index contributed by atoms with van der Waals surface area (Å²) in [5.41, 5.74) is 0.484. The molecule has 1 fully saturated rings. The van der Waals surface area contributed by atoms with Gasteiger partial charge in [0.15, 0.2) is 0 Å². The van der Waals surface area contributed by atoms with E-state index >= 15 is 0 Å². The summed E-state index contributed by atoms with van der Waals surface area (Å²) in [5, 5.41) is 8.50. The summed E-state index contributed by atoms with van der Waals surface area (Å²) in [4.78, 5) is 23.1. The molecule has 0 radical (unpaired) electrons. The van der Waals surface area contributed by atoms with Gasteiger partial charge in [-0.05, 0) is 36.6 Å². The van der Waals surface area contributed by atoms with Gasteiger partial charge >= 0.3 is 0 Å². The summed E-state index contributed by atoms with van der Waals surface area (Å²) in [6, 6.07) is 8.99. The molecule has 1 saturated heterocycles. The second-order valence-corrected chi connectivity index (χ2v) is 7.68. The lowest BCUT2D eigenvalue weighted by Gasteiger charge is -2.15. The standard InChI is InChI=1S/C16H18N4O4S/c21-15-8-7-14(18-19-15)16(22)17-11-12-3-5-13(6-4-12)25(23,24)20-9-1-2-10-20/h3-8H,1-2,9-11H2,(H,17,22)(H,19,21). The van der Waals surface area contributed by atoms with Gasteiger partial charge < -0.3 is 5.32 Å². The van der Waals surface area contributed by atoms with Gasteiger partial charge in [0.1, 0.15) is 5.69 Å². The maximum Gasteiger partial charge on any atom is 0.271 e. The molecule has 1 aromatic carbocycles. The van der Waals surface area contributed by atoms with Crippen molar-refractivity contribution in [2.75, 3.05) is 13.1 Å². The fourth-order valence-electron chi connectivity index (χ4n) is 2.60. The topological polar surface area (TPSA) is 112 Å². The molecule has 3 rings (SSSR count). The van der Waals surface area contributed by atoms with Gasteiger partial charge in [0.05, 0.1) is 4.90 Å². The lowest BCUT2D eigenvalue weighted by molar-refractivity contribution is 0.0944. The molecule has 1 amide bonds. The molecule has 25 heavy (non-hydrogen) atoms. The summed E-state index contributed by atoms with van der Waals surface area (Å²) in [5.74, 6) is -0.426.